The van der Waals surface area contributed by atoms with E-state index in [-0.39, 0.29) is 6.04 Å². The second-order valence-electron chi connectivity index (χ2n) is 5.55. The lowest BCUT2D eigenvalue weighted by molar-refractivity contribution is 0.414. The van der Waals surface area contributed by atoms with Crippen LogP contribution in [0.2, 0.25) is 0 Å². The molecule has 2 aromatic carbocycles. The molecule has 0 spiro atoms. The normalized spacial score (nSPS) is 11.6. The molecule has 0 radical (unpaired) electrons. The number of aromatic nitrogens is 2. The lowest BCUT2D eigenvalue weighted by Crippen LogP contribution is -2.17. The number of nitrogens with zero attached hydrogens (tertiary/aromatic N) is 3. The van der Waals surface area contributed by atoms with E-state index >= 15 is 0 Å². The third-order valence-electron chi connectivity index (χ3n) is 3.96. The third kappa shape index (κ3) is 3.67. The standard InChI is InChI=1S/C19H17BrN4O/c1-24-10-9-22-19(24)18(14-4-6-15(25-2)7-5-14)23-17-8-3-13(12-21)11-16(17)20/h3-11,18,23H,1-2H3. The number of hydrogen-bond donors (Lipinski definition) is 1. The van der Waals surface area contributed by atoms with E-state index < -0.39 is 0 Å². The molecular formula is C19H17BrN4O. The number of anilines is 1. The van der Waals surface area contributed by atoms with Gasteiger partial charge in [-0.3, -0.25) is 0 Å². The smallest absolute Gasteiger partial charge is 0.135 e. The molecule has 1 unspecified atom stereocenters. The van der Waals surface area contributed by atoms with E-state index in [9.17, 15) is 0 Å². The van der Waals surface area contributed by atoms with Crippen molar-refractivity contribution < 1.29 is 4.74 Å². The van der Waals surface area contributed by atoms with Gasteiger partial charge in [-0.15, -0.1) is 0 Å². The quantitative estimate of drug-likeness (QED) is 0.699. The molecule has 25 heavy (non-hydrogen) atoms. The maximum absolute atomic E-state index is 9.03. The van der Waals surface area contributed by atoms with E-state index in [1.54, 1.807) is 25.4 Å². The van der Waals surface area contributed by atoms with Gasteiger partial charge in [-0.2, -0.15) is 5.26 Å². The fourth-order valence-corrected chi connectivity index (χ4v) is 3.10. The highest BCUT2D eigenvalue weighted by Gasteiger charge is 2.19. The van der Waals surface area contributed by atoms with Crippen LogP contribution >= 0.6 is 15.9 Å². The molecular weight excluding hydrogens is 380 g/mol. The number of hydrogen-bond acceptors (Lipinski definition) is 4. The van der Waals surface area contributed by atoms with Gasteiger partial charge < -0.3 is 14.6 Å². The monoisotopic (exact) mass is 396 g/mol. The van der Waals surface area contributed by atoms with Crippen LogP contribution in [0, 0.1) is 11.3 Å². The zero-order valence-corrected chi connectivity index (χ0v) is 15.5. The molecule has 0 aliphatic rings. The number of nitriles is 1. The Morgan fingerprint density at radius 3 is 2.56 bits per heavy atom. The SMILES string of the molecule is COc1ccc(C(Nc2ccc(C#N)cc2Br)c2nccn2C)cc1. The summed E-state index contributed by atoms with van der Waals surface area (Å²) in [5, 5.41) is 12.5. The molecule has 0 fully saturated rings. The number of rotatable bonds is 5. The van der Waals surface area contributed by atoms with Gasteiger partial charge in [-0.1, -0.05) is 12.1 Å². The predicted molar refractivity (Wildman–Crippen MR) is 101 cm³/mol. The largest absolute Gasteiger partial charge is 0.497 e. The van der Waals surface area contributed by atoms with E-state index in [1.165, 1.54) is 0 Å². The van der Waals surface area contributed by atoms with Crippen LogP contribution in [0.1, 0.15) is 23.0 Å². The Morgan fingerprint density at radius 1 is 1.24 bits per heavy atom. The number of halogens is 1. The molecule has 1 N–H and O–H groups in total. The van der Waals surface area contributed by atoms with Crippen molar-refractivity contribution in [2.75, 3.05) is 12.4 Å². The van der Waals surface area contributed by atoms with E-state index in [4.69, 9.17) is 10.00 Å². The fourth-order valence-electron chi connectivity index (χ4n) is 2.61. The molecule has 5 nitrogen and oxygen atoms in total. The molecule has 1 heterocycles. The number of aryl methyl sites for hydroxylation is 1. The molecule has 3 aromatic rings. The molecule has 0 amide bonds. The minimum Gasteiger partial charge on any atom is -0.497 e. The highest BCUT2D eigenvalue weighted by atomic mass is 79.9. The van der Waals surface area contributed by atoms with Crippen LogP contribution in [0.4, 0.5) is 5.69 Å². The van der Waals surface area contributed by atoms with E-state index in [0.29, 0.717) is 5.56 Å². The van der Waals surface area contributed by atoms with Crippen molar-refractivity contribution in [1.29, 1.82) is 5.26 Å². The van der Waals surface area contributed by atoms with Crippen LogP contribution in [0.3, 0.4) is 0 Å². The first-order chi connectivity index (χ1) is 12.1. The molecule has 0 saturated carbocycles. The van der Waals surface area contributed by atoms with Crippen molar-refractivity contribution in [3.05, 3.63) is 76.3 Å². The van der Waals surface area contributed by atoms with Crippen LogP contribution in [0.5, 0.6) is 5.75 Å². The molecule has 3 rings (SSSR count). The van der Waals surface area contributed by atoms with Gasteiger partial charge in [-0.25, -0.2) is 4.98 Å². The lowest BCUT2D eigenvalue weighted by atomic mass is 10.1. The molecule has 1 aromatic heterocycles. The minimum absolute atomic E-state index is 0.143. The van der Waals surface area contributed by atoms with Gasteiger partial charge in [-0.05, 0) is 51.8 Å². The zero-order valence-electron chi connectivity index (χ0n) is 13.9. The van der Waals surface area contributed by atoms with Crippen molar-refractivity contribution in [2.24, 2.45) is 7.05 Å². The zero-order chi connectivity index (χ0) is 17.8. The van der Waals surface area contributed by atoms with E-state index in [0.717, 1.165) is 27.3 Å². The Bertz CT molecular complexity index is 912. The van der Waals surface area contributed by atoms with Crippen LogP contribution in [0.25, 0.3) is 0 Å². The summed E-state index contributed by atoms with van der Waals surface area (Å²) in [6.45, 7) is 0. The number of nitrogens with one attached hydrogen (secondary N) is 1. The summed E-state index contributed by atoms with van der Waals surface area (Å²) in [7, 11) is 3.62. The van der Waals surface area contributed by atoms with Crippen LogP contribution in [0.15, 0.2) is 59.3 Å². The predicted octanol–water partition coefficient (Wildman–Crippen LogP) is 4.26. The van der Waals surface area contributed by atoms with Crippen molar-refractivity contribution in [3.63, 3.8) is 0 Å². The second-order valence-corrected chi connectivity index (χ2v) is 6.41. The van der Waals surface area contributed by atoms with Crippen molar-refractivity contribution in [3.8, 4) is 11.8 Å². The first-order valence-electron chi connectivity index (χ1n) is 7.69. The summed E-state index contributed by atoms with van der Waals surface area (Å²) in [4.78, 5) is 4.50. The molecule has 6 heteroatoms. The van der Waals surface area contributed by atoms with Crippen molar-refractivity contribution >= 4 is 21.6 Å². The maximum Gasteiger partial charge on any atom is 0.135 e. The summed E-state index contributed by atoms with van der Waals surface area (Å²) in [5.41, 5.74) is 2.56. The minimum atomic E-state index is -0.143. The summed E-state index contributed by atoms with van der Waals surface area (Å²) < 4.78 is 8.07. The van der Waals surface area contributed by atoms with Gasteiger partial charge in [0.15, 0.2) is 0 Å². The maximum atomic E-state index is 9.03. The van der Waals surface area contributed by atoms with Gasteiger partial charge in [0.1, 0.15) is 17.6 Å². The Morgan fingerprint density at radius 2 is 2.00 bits per heavy atom. The Balaban J connectivity index is 2.00. The Labute approximate surface area is 155 Å². The van der Waals surface area contributed by atoms with Gasteiger partial charge >= 0.3 is 0 Å². The molecule has 1 atom stereocenters. The average molecular weight is 397 g/mol. The van der Waals surface area contributed by atoms with Crippen molar-refractivity contribution in [1.82, 2.24) is 9.55 Å². The van der Waals surface area contributed by atoms with Gasteiger partial charge in [0.05, 0.1) is 18.7 Å². The van der Waals surface area contributed by atoms with Crippen LogP contribution < -0.4 is 10.1 Å². The van der Waals surface area contributed by atoms with Crippen LogP contribution in [-0.2, 0) is 7.05 Å². The first kappa shape index (κ1) is 17.1. The number of methoxy groups -OCH3 is 1. The van der Waals surface area contributed by atoms with Gasteiger partial charge in [0.2, 0.25) is 0 Å². The van der Waals surface area contributed by atoms with E-state index in [2.05, 4.69) is 32.3 Å². The molecule has 126 valence electrons. The number of benzene rings is 2. The van der Waals surface area contributed by atoms with Gasteiger partial charge in [0.25, 0.3) is 0 Å². The Hall–Kier alpha value is -2.78. The molecule has 0 bridgehead atoms. The summed E-state index contributed by atoms with van der Waals surface area (Å²) in [6, 6.07) is 15.4. The fraction of sp³-hybridized carbons (Fsp3) is 0.158. The molecule has 0 saturated heterocycles. The molecule has 0 aliphatic carbocycles. The first-order valence-corrected chi connectivity index (χ1v) is 8.49. The third-order valence-corrected chi connectivity index (χ3v) is 4.62. The highest BCUT2D eigenvalue weighted by molar-refractivity contribution is 9.10. The highest BCUT2D eigenvalue weighted by Crippen LogP contribution is 2.31. The van der Waals surface area contributed by atoms with E-state index in [1.807, 2.05) is 48.1 Å². The lowest BCUT2D eigenvalue weighted by Gasteiger charge is -2.21. The van der Waals surface area contributed by atoms with Crippen LogP contribution in [-0.4, -0.2) is 16.7 Å². The summed E-state index contributed by atoms with van der Waals surface area (Å²) in [5.74, 6) is 1.70. The Kier molecular flexibility index (Phi) is 5.05. The average Bonchev–Trinajstić information content (AvgIpc) is 3.06. The second kappa shape index (κ2) is 7.41. The number of ether oxygens (including phenoxy) is 1. The van der Waals surface area contributed by atoms with Crippen molar-refractivity contribution in [2.45, 2.75) is 6.04 Å². The molecule has 0 aliphatic heterocycles. The van der Waals surface area contributed by atoms with Gasteiger partial charge in [0, 0.05) is 29.6 Å². The topological polar surface area (TPSA) is 62.9 Å². The summed E-state index contributed by atoms with van der Waals surface area (Å²) >= 11 is 3.53. The number of imidazole rings is 1. The summed E-state index contributed by atoms with van der Waals surface area (Å²) in [6.07, 6.45) is 3.70.